The molecule has 44 heavy (non-hydrogen) atoms. The number of morpholine rings is 1. The number of anilines is 3. The Morgan fingerprint density at radius 1 is 0.795 bits per heavy atom. The summed E-state index contributed by atoms with van der Waals surface area (Å²) in [7, 11) is 3.39. The molecule has 0 aliphatic carbocycles. The largest absolute Gasteiger partial charge is 0.378 e. The Morgan fingerprint density at radius 2 is 1.43 bits per heavy atom. The van der Waals surface area contributed by atoms with Gasteiger partial charge in [0, 0.05) is 72.5 Å². The van der Waals surface area contributed by atoms with Gasteiger partial charge in [-0.25, -0.2) is 14.8 Å². The lowest BCUT2D eigenvalue weighted by Gasteiger charge is -2.29. The van der Waals surface area contributed by atoms with Crippen LogP contribution in [0, 0.1) is 6.92 Å². The van der Waals surface area contributed by atoms with Crippen molar-refractivity contribution in [1.29, 1.82) is 0 Å². The molecule has 10 nitrogen and oxygen atoms in total. The van der Waals surface area contributed by atoms with Crippen molar-refractivity contribution in [2.75, 3.05) is 55.9 Å². The molecule has 1 fully saturated rings. The van der Waals surface area contributed by atoms with E-state index in [1.807, 2.05) is 43.5 Å². The third kappa shape index (κ3) is 6.35. The van der Waals surface area contributed by atoms with E-state index in [-0.39, 0.29) is 11.9 Å². The fraction of sp³-hybridized carbons (Fsp3) is 0.206. The second-order valence-electron chi connectivity index (χ2n) is 10.8. The molecule has 2 N–H and O–H groups in total. The zero-order valence-corrected chi connectivity index (χ0v) is 24.9. The number of nitrogens with zero attached hydrogens (tertiary/aromatic N) is 5. The number of amides is 3. The van der Waals surface area contributed by atoms with Crippen LogP contribution in [0.3, 0.4) is 0 Å². The Balaban J connectivity index is 1.24. The minimum absolute atomic E-state index is 0.0995. The van der Waals surface area contributed by atoms with Crippen molar-refractivity contribution < 1.29 is 14.3 Å². The molecule has 3 amide bonds. The van der Waals surface area contributed by atoms with Gasteiger partial charge in [0.05, 0.1) is 18.7 Å². The van der Waals surface area contributed by atoms with Crippen LogP contribution in [0.25, 0.3) is 33.4 Å². The maximum absolute atomic E-state index is 12.7. The smallest absolute Gasteiger partial charge is 0.323 e. The van der Waals surface area contributed by atoms with Crippen LogP contribution in [-0.2, 0) is 4.74 Å². The monoisotopic (exact) mass is 587 g/mol. The maximum Gasteiger partial charge on any atom is 0.323 e. The van der Waals surface area contributed by atoms with Gasteiger partial charge >= 0.3 is 6.03 Å². The van der Waals surface area contributed by atoms with Crippen LogP contribution >= 0.6 is 0 Å². The summed E-state index contributed by atoms with van der Waals surface area (Å²) in [6.45, 7) is 4.77. The van der Waals surface area contributed by atoms with E-state index in [0.717, 1.165) is 52.2 Å². The molecule has 0 bridgehead atoms. The van der Waals surface area contributed by atoms with Crippen LogP contribution < -0.4 is 15.5 Å². The van der Waals surface area contributed by atoms with Crippen molar-refractivity contribution >= 4 is 40.0 Å². The van der Waals surface area contributed by atoms with Gasteiger partial charge in [0.2, 0.25) is 0 Å². The van der Waals surface area contributed by atoms with Gasteiger partial charge in [0.1, 0.15) is 5.82 Å². The summed E-state index contributed by atoms with van der Waals surface area (Å²) in [6.07, 6.45) is 1.88. The fourth-order valence-corrected chi connectivity index (χ4v) is 5.03. The normalized spacial score (nSPS) is 13.0. The van der Waals surface area contributed by atoms with E-state index in [1.165, 1.54) is 4.90 Å². The summed E-state index contributed by atoms with van der Waals surface area (Å²) in [6, 6.07) is 24.1. The molecule has 0 unspecified atom stereocenters. The predicted octanol–water partition coefficient (Wildman–Crippen LogP) is 5.85. The lowest BCUT2D eigenvalue weighted by Crippen LogP contribution is -2.37. The number of rotatable bonds is 6. The number of nitrogens with one attached hydrogen (secondary N) is 2. The number of aryl methyl sites for hydroxylation is 1. The molecule has 2 aromatic heterocycles. The highest BCUT2D eigenvalue weighted by Crippen LogP contribution is 2.32. The Kier molecular flexibility index (Phi) is 8.16. The molecule has 3 aromatic carbocycles. The molecular formula is C34H33N7O3. The van der Waals surface area contributed by atoms with Crippen molar-refractivity contribution in [3.8, 4) is 22.5 Å². The molecule has 1 saturated heterocycles. The van der Waals surface area contributed by atoms with Crippen LogP contribution in [0.2, 0.25) is 0 Å². The number of ether oxygens (including phenoxy) is 1. The number of benzene rings is 3. The van der Waals surface area contributed by atoms with Gasteiger partial charge in [0.25, 0.3) is 5.91 Å². The van der Waals surface area contributed by atoms with E-state index in [4.69, 9.17) is 14.7 Å². The second-order valence-corrected chi connectivity index (χ2v) is 10.8. The molecule has 1 aliphatic rings. The molecular weight excluding hydrogens is 554 g/mol. The Hall–Kier alpha value is -5.35. The predicted molar refractivity (Wildman–Crippen MR) is 173 cm³/mol. The van der Waals surface area contributed by atoms with E-state index in [9.17, 15) is 9.59 Å². The van der Waals surface area contributed by atoms with Crippen LogP contribution in [0.5, 0.6) is 0 Å². The number of hydrogen-bond acceptors (Lipinski definition) is 7. The third-order valence-electron chi connectivity index (χ3n) is 7.43. The topological polar surface area (TPSA) is 113 Å². The zero-order valence-electron chi connectivity index (χ0n) is 24.9. The standard InChI is InChI=1S/C34H33N7O3/c1-22-4-5-26(21-35-22)25-10-15-29-30(20-25)38-31(39-32(29)41-16-18-44-19-17-41)23-6-11-27(12-7-23)36-34(43)37-28-13-8-24(9-14-28)33(42)40(2)3/h4-15,20-21H,16-19H2,1-3H3,(H2,36,37,43). The Morgan fingerprint density at radius 3 is 2.07 bits per heavy atom. The van der Waals surface area contributed by atoms with Crippen LogP contribution in [0.4, 0.5) is 22.0 Å². The summed E-state index contributed by atoms with van der Waals surface area (Å²) >= 11 is 0. The van der Waals surface area contributed by atoms with E-state index in [1.54, 1.807) is 38.4 Å². The van der Waals surface area contributed by atoms with Crippen molar-refractivity contribution in [2.45, 2.75) is 6.92 Å². The summed E-state index contributed by atoms with van der Waals surface area (Å²) < 4.78 is 5.59. The summed E-state index contributed by atoms with van der Waals surface area (Å²) in [5.74, 6) is 1.38. The SMILES string of the molecule is Cc1ccc(-c2ccc3c(N4CCOCC4)nc(-c4ccc(NC(=O)Nc5ccc(C(=O)N(C)C)cc5)cc4)nc3c2)cn1. The van der Waals surface area contributed by atoms with Gasteiger partial charge in [-0.2, -0.15) is 0 Å². The average Bonchev–Trinajstić information content (AvgIpc) is 3.05. The van der Waals surface area contributed by atoms with Gasteiger partial charge in [-0.05, 0) is 79.2 Å². The third-order valence-corrected chi connectivity index (χ3v) is 7.43. The van der Waals surface area contributed by atoms with Crippen LogP contribution in [0.15, 0.2) is 85.1 Å². The van der Waals surface area contributed by atoms with Gasteiger partial charge in [-0.1, -0.05) is 12.1 Å². The first-order chi connectivity index (χ1) is 21.3. The number of pyridine rings is 1. The molecule has 10 heteroatoms. The van der Waals surface area contributed by atoms with Crippen molar-refractivity contribution in [2.24, 2.45) is 0 Å². The van der Waals surface area contributed by atoms with E-state index in [2.05, 4.69) is 44.8 Å². The molecule has 6 rings (SSSR count). The average molecular weight is 588 g/mol. The maximum atomic E-state index is 12.7. The Bertz CT molecular complexity index is 1800. The molecule has 0 saturated carbocycles. The molecule has 0 atom stereocenters. The molecule has 0 radical (unpaired) electrons. The van der Waals surface area contributed by atoms with Crippen molar-refractivity contribution in [3.63, 3.8) is 0 Å². The van der Waals surface area contributed by atoms with Gasteiger partial charge in [0.15, 0.2) is 5.82 Å². The molecule has 3 heterocycles. The zero-order chi connectivity index (χ0) is 30.6. The van der Waals surface area contributed by atoms with Gasteiger partial charge in [-0.3, -0.25) is 9.78 Å². The summed E-state index contributed by atoms with van der Waals surface area (Å²) in [5.41, 5.74) is 6.45. The first kappa shape index (κ1) is 28.8. The molecule has 222 valence electrons. The number of urea groups is 1. The van der Waals surface area contributed by atoms with Crippen molar-refractivity contribution in [3.05, 3.63) is 96.3 Å². The lowest BCUT2D eigenvalue weighted by molar-refractivity contribution is 0.0827. The summed E-state index contributed by atoms with van der Waals surface area (Å²) in [4.78, 5) is 42.9. The summed E-state index contributed by atoms with van der Waals surface area (Å²) in [5, 5.41) is 6.63. The minimum atomic E-state index is -0.390. The quantitative estimate of drug-likeness (QED) is 0.256. The highest BCUT2D eigenvalue weighted by Gasteiger charge is 2.19. The molecule has 1 aliphatic heterocycles. The van der Waals surface area contributed by atoms with E-state index < -0.39 is 0 Å². The van der Waals surface area contributed by atoms with Crippen LogP contribution in [0.1, 0.15) is 16.1 Å². The lowest BCUT2D eigenvalue weighted by atomic mass is 10.0. The van der Waals surface area contributed by atoms with Crippen molar-refractivity contribution in [1.82, 2.24) is 19.9 Å². The highest BCUT2D eigenvalue weighted by molar-refractivity contribution is 6.00. The molecule has 0 spiro atoms. The molecule has 5 aromatic rings. The Labute approximate surface area is 255 Å². The second kappa shape index (κ2) is 12.5. The first-order valence-electron chi connectivity index (χ1n) is 14.4. The van der Waals surface area contributed by atoms with E-state index >= 15 is 0 Å². The fourth-order valence-electron chi connectivity index (χ4n) is 5.03. The van der Waals surface area contributed by atoms with Gasteiger partial charge < -0.3 is 25.2 Å². The first-order valence-corrected chi connectivity index (χ1v) is 14.4. The number of aromatic nitrogens is 3. The highest BCUT2D eigenvalue weighted by atomic mass is 16.5. The van der Waals surface area contributed by atoms with Crippen LogP contribution in [-0.4, -0.2) is 72.2 Å². The number of carbonyl (C=O) groups excluding carboxylic acids is 2. The number of carbonyl (C=O) groups is 2. The van der Waals surface area contributed by atoms with Gasteiger partial charge in [-0.15, -0.1) is 0 Å². The number of hydrogen-bond donors (Lipinski definition) is 2. The minimum Gasteiger partial charge on any atom is -0.378 e. The number of fused-ring (bicyclic) bond motifs is 1. The van der Waals surface area contributed by atoms with E-state index in [0.29, 0.717) is 36.0 Å².